The smallest absolute Gasteiger partial charge is 0.307 e. The average Bonchev–Trinajstić information content (AvgIpc) is 2.52. The van der Waals surface area contributed by atoms with Crippen molar-refractivity contribution in [3.8, 4) is 0 Å². The van der Waals surface area contributed by atoms with Crippen LogP contribution in [0.1, 0.15) is 26.2 Å². The topological polar surface area (TPSA) is 29.5 Å². The van der Waals surface area contributed by atoms with Gasteiger partial charge in [-0.2, -0.15) is 0 Å². The molecule has 13 heavy (non-hydrogen) atoms. The second-order valence-corrected chi connectivity index (χ2v) is 4.28. The summed E-state index contributed by atoms with van der Waals surface area (Å²) >= 11 is 0. The largest absolute Gasteiger partial charge is 0.464 e. The van der Waals surface area contributed by atoms with E-state index < -0.39 is 0 Å². The van der Waals surface area contributed by atoms with Crippen molar-refractivity contribution in [3.05, 3.63) is 0 Å². The van der Waals surface area contributed by atoms with E-state index in [1.807, 2.05) is 0 Å². The first-order chi connectivity index (χ1) is 6.25. The van der Waals surface area contributed by atoms with Crippen LogP contribution in [0.5, 0.6) is 0 Å². The van der Waals surface area contributed by atoms with Gasteiger partial charge in [0.2, 0.25) is 0 Å². The van der Waals surface area contributed by atoms with Gasteiger partial charge in [0.25, 0.3) is 0 Å². The molecule has 2 aliphatic rings. The number of nitrogens with zero attached hydrogens (tertiary/aromatic N) is 1. The normalized spacial score (nSPS) is 36.2. The third-order valence-corrected chi connectivity index (χ3v) is 3.04. The van der Waals surface area contributed by atoms with Gasteiger partial charge in [0, 0.05) is 6.54 Å². The standard InChI is InChI=1S/C10H17NO2/c1-8-3-2-4-11(6-8)9-5-10(12)13-7-9/h8-9H,2-7H2,1H3. The molecule has 2 heterocycles. The van der Waals surface area contributed by atoms with E-state index in [-0.39, 0.29) is 5.97 Å². The molecule has 2 unspecified atom stereocenters. The molecule has 0 aliphatic carbocycles. The molecule has 2 rings (SSSR count). The molecule has 2 atom stereocenters. The lowest BCUT2D eigenvalue weighted by Crippen LogP contribution is -2.42. The van der Waals surface area contributed by atoms with E-state index in [9.17, 15) is 4.79 Å². The zero-order valence-electron chi connectivity index (χ0n) is 8.16. The summed E-state index contributed by atoms with van der Waals surface area (Å²) in [4.78, 5) is 13.3. The molecule has 2 aliphatic heterocycles. The van der Waals surface area contributed by atoms with Crippen molar-refractivity contribution >= 4 is 5.97 Å². The maximum absolute atomic E-state index is 10.9. The highest BCUT2D eigenvalue weighted by molar-refractivity contribution is 5.72. The Kier molecular flexibility index (Phi) is 2.54. The number of cyclic esters (lactones) is 1. The average molecular weight is 183 g/mol. The predicted octanol–water partition coefficient (Wildman–Crippen LogP) is 1.03. The fraction of sp³-hybridized carbons (Fsp3) is 0.900. The molecule has 3 heteroatoms. The molecule has 3 nitrogen and oxygen atoms in total. The lowest BCUT2D eigenvalue weighted by atomic mass is 9.98. The Labute approximate surface area is 79.0 Å². The Morgan fingerprint density at radius 3 is 3.00 bits per heavy atom. The van der Waals surface area contributed by atoms with Crippen LogP contribution in [0.4, 0.5) is 0 Å². The summed E-state index contributed by atoms with van der Waals surface area (Å²) < 4.78 is 4.97. The third kappa shape index (κ3) is 2.02. The summed E-state index contributed by atoms with van der Waals surface area (Å²) in [7, 11) is 0. The minimum absolute atomic E-state index is 0.0248. The van der Waals surface area contributed by atoms with Crippen molar-refractivity contribution in [1.29, 1.82) is 0 Å². The van der Waals surface area contributed by atoms with Gasteiger partial charge in [-0.25, -0.2) is 0 Å². The first kappa shape index (κ1) is 9.00. The summed E-state index contributed by atoms with van der Waals surface area (Å²) in [5.41, 5.74) is 0. The van der Waals surface area contributed by atoms with E-state index in [0.29, 0.717) is 19.1 Å². The van der Waals surface area contributed by atoms with Gasteiger partial charge in [-0.1, -0.05) is 6.92 Å². The molecule has 2 saturated heterocycles. The highest BCUT2D eigenvalue weighted by Crippen LogP contribution is 2.21. The van der Waals surface area contributed by atoms with Crippen LogP contribution in [0, 0.1) is 5.92 Å². The summed E-state index contributed by atoms with van der Waals surface area (Å²) in [5.74, 6) is 0.757. The monoisotopic (exact) mass is 183 g/mol. The highest BCUT2D eigenvalue weighted by atomic mass is 16.5. The van der Waals surface area contributed by atoms with Crippen LogP contribution in [0.25, 0.3) is 0 Å². The zero-order chi connectivity index (χ0) is 9.26. The lowest BCUT2D eigenvalue weighted by molar-refractivity contribution is -0.137. The molecule has 2 fully saturated rings. The third-order valence-electron chi connectivity index (χ3n) is 3.04. The molecule has 0 N–H and O–H groups in total. The van der Waals surface area contributed by atoms with Gasteiger partial charge in [-0.3, -0.25) is 9.69 Å². The first-order valence-corrected chi connectivity index (χ1v) is 5.15. The molecule has 0 bridgehead atoms. The Morgan fingerprint density at radius 1 is 1.54 bits per heavy atom. The van der Waals surface area contributed by atoms with Crippen LogP contribution in [0.3, 0.4) is 0 Å². The Bertz CT molecular complexity index is 205. The number of piperidine rings is 1. The second-order valence-electron chi connectivity index (χ2n) is 4.28. The maximum Gasteiger partial charge on any atom is 0.307 e. The van der Waals surface area contributed by atoms with Crippen molar-refractivity contribution in [3.63, 3.8) is 0 Å². The summed E-state index contributed by atoms with van der Waals surface area (Å²) in [5, 5.41) is 0. The number of carbonyl (C=O) groups excluding carboxylic acids is 1. The van der Waals surface area contributed by atoms with Gasteiger partial charge >= 0.3 is 5.97 Å². The van der Waals surface area contributed by atoms with Gasteiger partial charge in [-0.15, -0.1) is 0 Å². The number of ether oxygens (including phenoxy) is 1. The van der Waals surface area contributed by atoms with Crippen molar-refractivity contribution in [2.24, 2.45) is 5.92 Å². The molecular weight excluding hydrogens is 166 g/mol. The van der Waals surface area contributed by atoms with Gasteiger partial charge < -0.3 is 4.74 Å². The quantitative estimate of drug-likeness (QED) is 0.569. The van der Waals surface area contributed by atoms with Crippen LogP contribution in [-0.4, -0.2) is 36.6 Å². The van der Waals surface area contributed by atoms with Crippen molar-refractivity contribution in [2.75, 3.05) is 19.7 Å². The first-order valence-electron chi connectivity index (χ1n) is 5.15. The van der Waals surface area contributed by atoms with E-state index in [1.165, 1.54) is 12.8 Å². The molecular formula is C10H17NO2. The van der Waals surface area contributed by atoms with E-state index in [0.717, 1.165) is 19.0 Å². The fourth-order valence-electron chi connectivity index (χ4n) is 2.29. The van der Waals surface area contributed by atoms with E-state index in [2.05, 4.69) is 11.8 Å². The second kappa shape index (κ2) is 3.66. The Hall–Kier alpha value is -0.570. The zero-order valence-corrected chi connectivity index (χ0v) is 8.16. The van der Waals surface area contributed by atoms with Crippen molar-refractivity contribution in [1.82, 2.24) is 4.90 Å². The van der Waals surface area contributed by atoms with Crippen molar-refractivity contribution in [2.45, 2.75) is 32.2 Å². The van der Waals surface area contributed by atoms with E-state index in [1.54, 1.807) is 0 Å². The van der Waals surface area contributed by atoms with Crippen LogP contribution >= 0.6 is 0 Å². The SMILES string of the molecule is CC1CCCN(C2COC(=O)C2)C1. The van der Waals surface area contributed by atoms with E-state index in [4.69, 9.17) is 4.74 Å². The molecule has 0 aromatic carbocycles. The fourth-order valence-corrected chi connectivity index (χ4v) is 2.29. The number of likely N-dealkylation sites (tertiary alicyclic amines) is 1. The predicted molar refractivity (Wildman–Crippen MR) is 49.3 cm³/mol. The Morgan fingerprint density at radius 2 is 2.38 bits per heavy atom. The van der Waals surface area contributed by atoms with Crippen molar-refractivity contribution < 1.29 is 9.53 Å². The van der Waals surface area contributed by atoms with Gasteiger partial charge in [0.1, 0.15) is 6.61 Å². The lowest BCUT2D eigenvalue weighted by Gasteiger charge is -2.34. The van der Waals surface area contributed by atoms with Gasteiger partial charge in [0.15, 0.2) is 0 Å². The molecule has 0 aromatic rings. The molecule has 0 aromatic heterocycles. The number of carbonyl (C=O) groups is 1. The Balaban J connectivity index is 1.89. The van der Waals surface area contributed by atoms with Crippen LogP contribution in [-0.2, 0) is 9.53 Å². The number of esters is 1. The maximum atomic E-state index is 10.9. The molecule has 0 amide bonds. The summed E-state index contributed by atoms with van der Waals surface area (Å²) in [6.45, 7) is 5.18. The highest BCUT2D eigenvalue weighted by Gasteiger charge is 2.31. The minimum Gasteiger partial charge on any atom is -0.464 e. The molecule has 0 saturated carbocycles. The van der Waals surface area contributed by atoms with Crippen LogP contribution in [0.15, 0.2) is 0 Å². The number of rotatable bonds is 1. The summed E-state index contributed by atoms with van der Waals surface area (Å²) in [6.07, 6.45) is 3.20. The van der Waals surface area contributed by atoms with Crippen LogP contribution in [0.2, 0.25) is 0 Å². The van der Waals surface area contributed by atoms with E-state index >= 15 is 0 Å². The summed E-state index contributed by atoms with van der Waals surface area (Å²) in [6, 6.07) is 0.371. The van der Waals surface area contributed by atoms with Crippen LogP contribution < -0.4 is 0 Å². The molecule has 74 valence electrons. The minimum atomic E-state index is -0.0248. The van der Waals surface area contributed by atoms with Gasteiger partial charge in [0.05, 0.1) is 12.5 Å². The molecule has 0 spiro atoms. The number of hydrogen-bond acceptors (Lipinski definition) is 3. The number of hydrogen-bond donors (Lipinski definition) is 0. The van der Waals surface area contributed by atoms with Gasteiger partial charge in [-0.05, 0) is 25.3 Å². The molecule has 0 radical (unpaired) electrons.